The highest BCUT2D eigenvalue weighted by Crippen LogP contribution is 2.37. The van der Waals surface area contributed by atoms with E-state index in [1.807, 2.05) is 0 Å². The highest BCUT2D eigenvalue weighted by atomic mass is 32.2. The van der Waals surface area contributed by atoms with E-state index in [-0.39, 0.29) is 11.6 Å². The van der Waals surface area contributed by atoms with Crippen molar-refractivity contribution in [3.63, 3.8) is 0 Å². The van der Waals surface area contributed by atoms with Crippen molar-refractivity contribution in [1.29, 1.82) is 5.26 Å². The summed E-state index contributed by atoms with van der Waals surface area (Å²) >= 11 is 1.31. The van der Waals surface area contributed by atoms with Gasteiger partial charge in [-0.1, -0.05) is 0 Å². The normalized spacial score (nSPS) is 21.0. The molecule has 22 heavy (non-hydrogen) atoms. The average molecular weight is 329 g/mol. The fourth-order valence-corrected chi connectivity index (χ4v) is 3.11. The number of hydrogen-bond donors (Lipinski definition) is 1. The van der Waals surface area contributed by atoms with Crippen LogP contribution >= 0.6 is 11.8 Å². The van der Waals surface area contributed by atoms with Gasteiger partial charge in [-0.05, 0) is 38.3 Å². The molecule has 118 valence electrons. The van der Waals surface area contributed by atoms with Crippen LogP contribution in [0, 0.1) is 11.3 Å². The second kappa shape index (κ2) is 5.48. The Balaban J connectivity index is 2.54. The van der Waals surface area contributed by atoms with Crippen molar-refractivity contribution in [2.75, 3.05) is 11.2 Å². The summed E-state index contributed by atoms with van der Waals surface area (Å²) in [6.07, 6.45) is -2.89. The Morgan fingerprint density at radius 2 is 2.05 bits per heavy atom. The van der Waals surface area contributed by atoms with Crippen molar-refractivity contribution in [3.8, 4) is 6.07 Å². The first kappa shape index (κ1) is 16.6. The lowest BCUT2D eigenvalue weighted by molar-refractivity contribution is -0.137. The van der Waals surface area contributed by atoms with Crippen LogP contribution in [0.1, 0.15) is 25.0 Å². The van der Waals surface area contributed by atoms with E-state index < -0.39 is 28.3 Å². The molecule has 1 fully saturated rings. The van der Waals surface area contributed by atoms with Gasteiger partial charge in [0.25, 0.3) is 0 Å². The van der Waals surface area contributed by atoms with Crippen molar-refractivity contribution in [2.45, 2.75) is 31.1 Å². The topological polar surface area (TPSA) is 56.1 Å². The molecule has 0 bridgehead atoms. The molecule has 1 N–H and O–H groups in total. The Bertz CT molecular complexity index is 652. The molecule has 1 aliphatic rings. The number of nitrogens with zero attached hydrogens (tertiary/aromatic N) is 2. The lowest BCUT2D eigenvalue weighted by Gasteiger charge is -2.23. The third-order valence-corrected chi connectivity index (χ3v) is 4.18. The summed E-state index contributed by atoms with van der Waals surface area (Å²) in [5.74, 6) is -0.315. The van der Waals surface area contributed by atoms with Gasteiger partial charge in [0.1, 0.15) is 5.50 Å². The predicted molar refractivity (Wildman–Crippen MR) is 78.2 cm³/mol. The number of rotatable bonds is 2. The van der Waals surface area contributed by atoms with Crippen LogP contribution in [0.25, 0.3) is 0 Å². The number of benzene rings is 1. The maximum absolute atomic E-state index is 13.1. The zero-order valence-electron chi connectivity index (χ0n) is 12.2. The molecule has 0 saturated carbocycles. The fourth-order valence-electron chi connectivity index (χ4n) is 2.27. The molecule has 1 atom stereocenters. The largest absolute Gasteiger partial charge is 0.417 e. The van der Waals surface area contributed by atoms with E-state index in [9.17, 15) is 18.0 Å². The lowest BCUT2D eigenvalue weighted by Crippen LogP contribution is -2.40. The van der Waals surface area contributed by atoms with Gasteiger partial charge < -0.3 is 0 Å². The van der Waals surface area contributed by atoms with Crippen molar-refractivity contribution in [2.24, 2.45) is 0 Å². The van der Waals surface area contributed by atoms with Crippen molar-refractivity contribution >= 4 is 23.4 Å². The first-order chi connectivity index (χ1) is 10.1. The molecule has 0 aromatic heterocycles. The standard InChI is InChI=1S/C14H14F3N3OS/c1-13(2)11(21)20(12(19-13)22-3)9-5-4-8(7-18)10(6-9)14(15,16)17/h4-6,12,19H,1-3H3. The number of carbonyl (C=O) groups is 1. The first-order valence-electron chi connectivity index (χ1n) is 6.37. The Hall–Kier alpha value is -1.72. The van der Waals surface area contributed by atoms with Gasteiger partial charge >= 0.3 is 6.18 Å². The quantitative estimate of drug-likeness (QED) is 0.906. The molecule has 4 nitrogen and oxygen atoms in total. The maximum atomic E-state index is 13.1. The molecule has 1 aromatic rings. The van der Waals surface area contributed by atoms with Crippen molar-refractivity contribution in [3.05, 3.63) is 29.3 Å². The highest BCUT2D eigenvalue weighted by Gasteiger charge is 2.46. The second-order valence-electron chi connectivity index (χ2n) is 5.37. The fraction of sp³-hybridized carbons (Fsp3) is 0.429. The molecule has 8 heteroatoms. The summed E-state index contributed by atoms with van der Waals surface area (Å²) in [6.45, 7) is 3.35. The minimum Gasteiger partial charge on any atom is -0.285 e. The minimum absolute atomic E-state index is 0.119. The van der Waals surface area contributed by atoms with E-state index >= 15 is 0 Å². The van der Waals surface area contributed by atoms with Gasteiger partial charge in [-0.25, -0.2) is 0 Å². The molecule has 0 spiro atoms. The predicted octanol–water partition coefficient (Wildman–Crippen LogP) is 2.94. The lowest BCUT2D eigenvalue weighted by atomic mass is 10.0. The molecular weight excluding hydrogens is 315 g/mol. The molecular formula is C14H14F3N3OS. The van der Waals surface area contributed by atoms with E-state index in [4.69, 9.17) is 5.26 Å². The van der Waals surface area contributed by atoms with Crippen LogP contribution in [0.4, 0.5) is 18.9 Å². The summed E-state index contributed by atoms with van der Waals surface area (Å²) in [5, 5.41) is 11.9. The number of nitriles is 1. The van der Waals surface area contributed by atoms with Crippen LogP contribution in [-0.2, 0) is 11.0 Å². The average Bonchev–Trinajstić information content (AvgIpc) is 2.67. The monoisotopic (exact) mass is 329 g/mol. The number of hydrogen-bond acceptors (Lipinski definition) is 4. The van der Waals surface area contributed by atoms with Crippen molar-refractivity contribution in [1.82, 2.24) is 5.32 Å². The Kier molecular flexibility index (Phi) is 4.15. The highest BCUT2D eigenvalue weighted by molar-refractivity contribution is 7.99. The van der Waals surface area contributed by atoms with Gasteiger partial charge in [0.15, 0.2) is 0 Å². The second-order valence-corrected chi connectivity index (χ2v) is 6.29. The van der Waals surface area contributed by atoms with Crippen LogP contribution in [0.15, 0.2) is 18.2 Å². The SMILES string of the molecule is CSC1NC(C)(C)C(=O)N1c1ccc(C#N)c(C(F)(F)F)c1. The van der Waals surface area contributed by atoms with Crippen LogP contribution in [0.5, 0.6) is 0 Å². The molecule has 1 heterocycles. The Labute approximate surface area is 130 Å². The van der Waals surface area contributed by atoms with Crippen molar-refractivity contribution < 1.29 is 18.0 Å². The molecule has 1 saturated heterocycles. The molecule has 1 aromatic carbocycles. The third kappa shape index (κ3) is 2.78. The van der Waals surface area contributed by atoms with E-state index in [0.29, 0.717) is 0 Å². The molecule has 1 aliphatic heterocycles. The zero-order valence-corrected chi connectivity index (χ0v) is 13.0. The van der Waals surface area contributed by atoms with Gasteiger partial charge in [0.05, 0.1) is 22.7 Å². The summed E-state index contributed by atoms with van der Waals surface area (Å²) in [7, 11) is 0. The van der Waals surface area contributed by atoms with Gasteiger partial charge in [0, 0.05) is 5.69 Å². The molecule has 1 amide bonds. The Morgan fingerprint density at radius 1 is 1.41 bits per heavy atom. The van der Waals surface area contributed by atoms with Crippen LogP contribution < -0.4 is 10.2 Å². The van der Waals surface area contributed by atoms with Gasteiger partial charge in [-0.2, -0.15) is 18.4 Å². The van der Waals surface area contributed by atoms with Crippen LogP contribution in [0.3, 0.4) is 0 Å². The summed E-state index contributed by atoms with van der Waals surface area (Å²) in [6, 6.07) is 4.83. The summed E-state index contributed by atoms with van der Waals surface area (Å²) in [5.41, 5.74) is -2.70. The van der Waals surface area contributed by atoms with E-state index in [2.05, 4.69) is 5.32 Å². The molecule has 0 radical (unpaired) electrons. The Morgan fingerprint density at radius 3 is 2.55 bits per heavy atom. The third-order valence-electron chi connectivity index (χ3n) is 3.40. The minimum atomic E-state index is -4.65. The smallest absolute Gasteiger partial charge is 0.285 e. The van der Waals surface area contributed by atoms with E-state index in [0.717, 1.165) is 12.1 Å². The van der Waals surface area contributed by atoms with E-state index in [1.54, 1.807) is 20.1 Å². The molecule has 2 rings (SSSR count). The summed E-state index contributed by atoms with van der Waals surface area (Å²) in [4.78, 5) is 13.7. The van der Waals surface area contributed by atoms with Gasteiger partial charge in [-0.3, -0.25) is 15.0 Å². The number of nitrogens with one attached hydrogen (secondary N) is 1. The number of amides is 1. The number of halogens is 3. The zero-order chi connectivity index (χ0) is 16.7. The maximum Gasteiger partial charge on any atom is 0.417 e. The molecule has 0 aliphatic carbocycles. The first-order valence-corrected chi connectivity index (χ1v) is 7.66. The van der Waals surface area contributed by atoms with E-state index in [1.165, 1.54) is 28.8 Å². The van der Waals surface area contributed by atoms with Gasteiger partial charge in [0.2, 0.25) is 5.91 Å². The number of alkyl halides is 3. The van der Waals surface area contributed by atoms with Crippen LogP contribution in [-0.4, -0.2) is 23.2 Å². The number of carbonyl (C=O) groups excluding carboxylic acids is 1. The van der Waals surface area contributed by atoms with Crippen LogP contribution in [0.2, 0.25) is 0 Å². The number of thioether (sulfide) groups is 1. The summed E-state index contributed by atoms with van der Waals surface area (Å²) < 4.78 is 39.2. The van der Waals surface area contributed by atoms with Gasteiger partial charge in [-0.15, -0.1) is 11.8 Å². The number of anilines is 1. The molecule has 1 unspecified atom stereocenters.